The van der Waals surface area contributed by atoms with Crippen LogP contribution < -0.4 is 20.7 Å². The number of methoxy groups -OCH3 is 1. The van der Waals surface area contributed by atoms with E-state index in [9.17, 15) is 39.0 Å². The van der Waals surface area contributed by atoms with E-state index in [1.54, 1.807) is 44.2 Å². The average molecular weight is 680 g/mol. The molecule has 0 saturated carbocycles. The number of carboxylic acid groups (broad SMARTS) is 1. The first-order chi connectivity index (χ1) is 23.3. The van der Waals surface area contributed by atoms with Gasteiger partial charge in [-0.15, -0.1) is 0 Å². The number of phenols is 1. The largest absolute Gasteiger partial charge is 0.508 e. The predicted molar refractivity (Wildman–Crippen MR) is 175 cm³/mol. The third-order valence-electron chi connectivity index (χ3n) is 8.21. The second-order valence-corrected chi connectivity index (χ2v) is 12.2. The Labute approximate surface area is 282 Å². The van der Waals surface area contributed by atoms with E-state index in [0.717, 1.165) is 0 Å². The van der Waals surface area contributed by atoms with Crippen LogP contribution >= 0.6 is 0 Å². The molecule has 4 amide bonds. The van der Waals surface area contributed by atoms with E-state index >= 15 is 0 Å². The minimum Gasteiger partial charge on any atom is -0.508 e. The lowest BCUT2D eigenvalue weighted by molar-refractivity contribution is -0.146. The van der Waals surface area contributed by atoms with Gasteiger partial charge >= 0.3 is 5.97 Å². The predicted octanol–water partition coefficient (Wildman–Crippen LogP) is 1.95. The van der Waals surface area contributed by atoms with Gasteiger partial charge in [0, 0.05) is 19.9 Å². The number of ether oxygens (including phenoxy) is 1. The molecule has 1 saturated heterocycles. The second kappa shape index (κ2) is 16.1. The first-order valence-electron chi connectivity index (χ1n) is 15.9. The number of piperidine rings is 1. The Bertz CT molecular complexity index is 1700. The number of oxazole rings is 1. The van der Waals surface area contributed by atoms with Crippen LogP contribution in [0.1, 0.15) is 62.7 Å². The molecule has 15 heteroatoms. The van der Waals surface area contributed by atoms with Gasteiger partial charge in [-0.3, -0.25) is 28.8 Å². The van der Waals surface area contributed by atoms with E-state index < -0.39 is 77.8 Å². The Morgan fingerprint density at radius 3 is 2.35 bits per heavy atom. The number of para-hydroxylation sites is 1. The Hall–Kier alpha value is -5.47. The van der Waals surface area contributed by atoms with Gasteiger partial charge in [-0.25, -0.2) is 4.98 Å². The van der Waals surface area contributed by atoms with Gasteiger partial charge in [-0.05, 0) is 55.0 Å². The van der Waals surface area contributed by atoms with E-state index in [1.807, 2.05) is 0 Å². The molecule has 2 aromatic carbocycles. The summed E-state index contributed by atoms with van der Waals surface area (Å²) in [6, 6.07) is 6.25. The summed E-state index contributed by atoms with van der Waals surface area (Å²) in [6.45, 7) is 4.90. The maximum atomic E-state index is 14.0. The highest BCUT2D eigenvalue weighted by Crippen LogP contribution is 2.27. The normalized spacial score (nSPS) is 16.3. The fourth-order valence-corrected chi connectivity index (χ4v) is 5.73. The van der Waals surface area contributed by atoms with Crippen LogP contribution in [-0.4, -0.2) is 93.3 Å². The zero-order chi connectivity index (χ0) is 35.8. The van der Waals surface area contributed by atoms with Crippen LogP contribution in [0.3, 0.4) is 0 Å². The van der Waals surface area contributed by atoms with E-state index in [-0.39, 0.29) is 30.7 Å². The molecule has 2 heterocycles. The standard InChI is InChI=1S/C34H41N5O10/c1-18(2)28(38-31(45)24(35-19(3)40)16-20-11-13-21(41)14-12-20)34(47)39-15-6-5-9-25(39)32(46)36-23(17-27(42)43)29(44)33-37-22-8-7-10-26(48-4)30(22)49-33/h7-8,10-14,18,23-25,28,41H,5-6,9,15-17H2,1-4H3,(H,35,40)(H,36,46)(H,38,45)(H,42,43). The van der Waals surface area contributed by atoms with Crippen LogP contribution in [0.4, 0.5) is 0 Å². The van der Waals surface area contributed by atoms with Crippen molar-refractivity contribution in [3.05, 3.63) is 53.9 Å². The van der Waals surface area contributed by atoms with Crippen LogP contribution in [-0.2, 0) is 30.4 Å². The number of carbonyl (C=O) groups is 6. The molecule has 5 N–H and O–H groups in total. The molecule has 4 unspecified atom stereocenters. The van der Waals surface area contributed by atoms with Gasteiger partial charge in [-0.1, -0.05) is 32.0 Å². The van der Waals surface area contributed by atoms with Crippen LogP contribution in [0, 0.1) is 5.92 Å². The zero-order valence-electron chi connectivity index (χ0n) is 27.7. The number of rotatable bonds is 14. The number of carboxylic acids is 1. The fourth-order valence-electron chi connectivity index (χ4n) is 5.73. The van der Waals surface area contributed by atoms with Crippen molar-refractivity contribution in [2.45, 2.75) is 77.0 Å². The second-order valence-electron chi connectivity index (χ2n) is 12.2. The minimum atomic E-state index is -1.55. The van der Waals surface area contributed by atoms with Gasteiger partial charge in [0.05, 0.1) is 13.5 Å². The highest BCUT2D eigenvalue weighted by atomic mass is 16.5. The van der Waals surface area contributed by atoms with Gasteiger partial charge in [-0.2, -0.15) is 0 Å². The lowest BCUT2D eigenvalue weighted by atomic mass is 9.95. The Morgan fingerprint density at radius 1 is 1.00 bits per heavy atom. The highest BCUT2D eigenvalue weighted by Gasteiger charge is 2.40. The number of nitrogens with zero attached hydrogens (tertiary/aromatic N) is 2. The van der Waals surface area contributed by atoms with Gasteiger partial charge in [0.25, 0.3) is 5.89 Å². The van der Waals surface area contributed by atoms with E-state index in [4.69, 9.17) is 9.15 Å². The average Bonchev–Trinajstić information content (AvgIpc) is 3.51. The first-order valence-corrected chi connectivity index (χ1v) is 15.9. The lowest BCUT2D eigenvalue weighted by Crippen LogP contribution is -2.61. The molecule has 0 bridgehead atoms. The number of phenolic OH excluding ortho intramolecular Hbond substituents is 1. The van der Waals surface area contributed by atoms with Crippen LogP contribution in [0.25, 0.3) is 11.1 Å². The molecule has 0 aliphatic carbocycles. The summed E-state index contributed by atoms with van der Waals surface area (Å²) in [5, 5.41) is 27.0. The third-order valence-corrected chi connectivity index (χ3v) is 8.21. The summed E-state index contributed by atoms with van der Waals surface area (Å²) >= 11 is 0. The molecule has 0 spiro atoms. The van der Waals surface area contributed by atoms with E-state index in [1.165, 1.54) is 31.1 Å². The fraction of sp³-hybridized carbons (Fsp3) is 0.441. The number of benzene rings is 2. The van der Waals surface area contributed by atoms with Gasteiger partial charge in [0.1, 0.15) is 35.4 Å². The summed E-state index contributed by atoms with van der Waals surface area (Å²) in [4.78, 5) is 83.9. The van der Waals surface area contributed by atoms with Crippen molar-refractivity contribution in [3.8, 4) is 11.5 Å². The molecule has 262 valence electrons. The third kappa shape index (κ3) is 9.12. The molecular weight excluding hydrogens is 638 g/mol. The molecule has 0 radical (unpaired) electrons. The van der Waals surface area contributed by atoms with Crippen LogP contribution in [0.2, 0.25) is 0 Å². The first kappa shape index (κ1) is 36.4. The quantitative estimate of drug-likeness (QED) is 0.155. The van der Waals surface area contributed by atoms with Crippen LogP contribution in [0.15, 0.2) is 46.9 Å². The Balaban J connectivity index is 1.53. The molecule has 1 aromatic heterocycles. The number of aromatic nitrogens is 1. The number of fused-ring (bicyclic) bond motifs is 1. The molecule has 1 aliphatic heterocycles. The number of ketones is 1. The van der Waals surface area contributed by atoms with Gasteiger partial charge in [0.2, 0.25) is 29.4 Å². The Kier molecular flexibility index (Phi) is 11.9. The Morgan fingerprint density at radius 2 is 1.71 bits per heavy atom. The van der Waals surface area contributed by atoms with Gasteiger partial charge in [0.15, 0.2) is 11.3 Å². The zero-order valence-corrected chi connectivity index (χ0v) is 27.7. The number of carbonyl (C=O) groups excluding carboxylic acids is 5. The maximum absolute atomic E-state index is 14.0. The van der Waals surface area contributed by atoms with Gasteiger partial charge < -0.3 is 40.2 Å². The van der Waals surface area contributed by atoms with Crippen molar-refractivity contribution in [2.24, 2.45) is 5.92 Å². The summed E-state index contributed by atoms with van der Waals surface area (Å²) in [5.41, 5.74) is 1.15. The minimum absolute atomic E-state index is 0.0420. The highest BCUT2D eigenvalue weighted by molar-refractivity contribution is 6.03. The molecule has 1 aliphatic rings. The number of hydrogen-bond donors (Lipinski definition) is 5. The van der Waals surface area contributed by atoms with Crippen LogP contribution in [0.5, 0.6) is 11.5 Å². The molecule has 15 nitrogen and oxygen atoms in total. The van der Waals surface area contributed by atoms with Crippen molar-refractivity contribution in [2.75, 3.05) is 13.7 Å². The summed E-state index contributed by atoms with van der Waals surface area (Å²) in [5.74, 6) is -5.05. The molecular formula is C34H41N5O10. The number of amides is 4. The van der Waals surface area contributed by atoms with Crippen molar-refractivity contribution in [3.63, 3.8) is 0 Å². The molecule has 49 heavy (non-hydrogen) atoms. The summed E-state index contributed by atoms with van der Waals surface area (Å²) in [7, 11) is 1.41. The lowest BCUT2D eigenvalue weighted by Gasteiger charge is -2.38. The molecule has 1 fully saturated rings. The topological polar surface area (TPSA) is 217 Å². The van der Waals surface area contributed by atoms with E-state index in [2.05, 4.69) is 20.9 Å². The molecule has 4 rings (SSSR count). The van der Waals surface area contributed by atoms with Crippen molar-refractivity contribution in [1.29, 1.82) is 0 Å². The number of hydrogen-bond acceptors (Lipinski definition) is 10. The van der Waals surface area contributed by atoms with Crippen molar-refractivity contribution >= 4 is 46.5 Å². The van der Waals surface area contributed by atoms with Crippen molar-refractivity contribution in [1.82, 2.24) is 25.8 Å². The van der Waals surface area contributed by atoms with E-state index in [0.29, 0.717) is 29.7 Å². The maximum Gasteiger partial charge on any atom is 0.305 e. The number of Topliss-reactive ketones (excluding diaryl/α,β-unsaturated/α-hetero) is 1. The number of aliphatic carboxylic acids is 1. The summed E-state index contributed by atoms with van der Waals surface area (Å²) < 4.78 is 10.9. The van der Waals surface area contributed by atoms with Crippen molar-refractivity contribution < 1.29 is 48.1 Å². The smallest absolute Gasteiger partial charge is 0.305 e. The number of aromatic hydroxyl groups is 1. The monoisotopic (exact) mass is 679 g/mol. The summed E-state index contributed by atoms with van der Waals surface area (Å²) in [6.07, 6.45) is 0.717. The molecule has 4 atom stereocenters. The number of nitrogens with one attached hydrogen (secondary N) is 3. The SMILES string of the molecule is COc1cccc2nc(C(=O)C(CC(=O)O)NC(=O)C3CCCCN3C(=O)C(NC(=O)C(Cc3ccc(O)cc3)NC(C)=O)C(C)C)oc12. The molecule has 3 aromatic rings. The number of likely N-dealkylation sites (tertiary alicyclic amines) is 1.